The summed E-state index contributed by atoms with van der Waals surface area (Å²) >= 11 is 0. The van der Waals surface area contributed by atoms with Gasteiger partial charge < -0.3 is 14.1 Å². The number of aliphatic hydroxyl groups is 1. The molecule has 0 bridgehead atoms. The molecule has 6 heteroatoms. The largest absolute Gasteiger partial charge is 0.512 e. The molecule has 0 aliphatic carbocycles. The molecule has 0 amide bonds. The molecular formula is C42H43IrN2O3-. The van der Waals surface area contributed by atoms with Crippen molar-refractivity contribution >= 4 is 49.7 Å². The Morgan fingerprint density at radius 2 is 1.50 bits per heavy atom. The number of hydrogen-bond acceptors (Lipinski definition) is 4. The first-order valence-electron chi connectivity index (χ1n) is 16.9. The summed E-state index contributed by atoms with van der Waals surface area (Å²) in [5, 5.41) is 13.3. The van der Waals surface area contributed by atoms with E-state index in [4.69, 9.17) is 9.40 Å². The van der Waals surface area contributed by atoms with Crippen LogP contribution in [0.5, 0.6) is 0 Å². The summed E-state index contributed by atoms with van der Waals surface area (Å²) in [4.78, 5) is 16.8. The average Bonchev–Trinajstić information content (AvgIpc) is 3.07. The van der Waals surface area contributed by atoms with Gasteiger partial charge in [-0.1, -0.05) is 84.0 Å². The van der Waals surface area contributed by atoms with Gasteiger partial charge in [0.15, 0.2) is 16.9 Å². The van der Waals surface area contributed by atoms with Crippen LogP contribution in [0.25, 0.3) is 60.8 Å². The van der Waals surface area contributed by atoms with Crippen LogP contribution in [-0.2, 0) is 24.9 Å². The van der Waals surface area contributed by atoms with Crippen molar-refractivity contribution in [1.82, 2.24) is 9.55 Å². The number of aromatic nitrogens is 2. The molecule has 7 rings (SSSR count). The van der Waals surface area contributed by atoms with Gasteiger partial charge in [0.25, 0.3) is 0 Å². The van der Waals surface area contributed by atoms with Crippen LogP contribution in [0.4, 0.5) is 0 Å². The predicted octanol–water partition coefficient (Wildman–Crippen LogP) is 11.5. The van der Waals surface area contributed by atoms with Crippen molar-refractivity contribution in [2.24, 2.45) is 11.8 Å². The van der Waals surface area contributed by atoms with Crippen LogP contribution in [0.1, 0.15) is 64.5 Å². The zero-order valence-corrected chi connectivity index (χ0v) is 31.0. The molecule has 3 heterocycles. The number of aliphatic hydroxyl groups excluding tert-OH is 1. The molecule has 5 aromatic rings. The molecule has 0 unspecified atom stereocenters. The SMILES string of the molecule is CCC(CC)C(=O)/C=C(\O)C(CC)CC.Cc1[c-]c(-c2cc3c4c(cccc4c4cccc5oc6ccccc6n3-c54)n2)cc(C)c1.[Ir]. The Labute approximate surface area is 296 Å². The van der Waals surface area contributed by atoms with E-state index in [2.05, 4.69) is 85.1 Å². The van der Waals surface area contributed by atoms with Gasteiger partial charge in [-0.3, -0.25) is 9.78 Å². The standard InChI is InChI=1S/C29H19N2O.C13H24O2.Ir/c1-17-13-18(2)15-19(14-17)23-16-25-28-20(7-5-9-22(28)30-23)21-8-6-12-27-29(21)31(25)24-10-3-4-11-26(24)32-27;1-5-10(6-2)12(14)9-13(15)11(7-3)8-4;/h3-14,16H,1-2H3;9-11,14H,5-8H2,1-4H3;/q-1;;/b;12-9-;. The van der Waals surface area contributed by atoms with Crippen molar-refractivity contribution in [2.45, 2.75) is 67.2 Å². The number of carbonyl (C=O) groups is 1. The molecule has 249 valence electrons. The number of nitrogens with zero attached hydrogens (tertiary/aromatic N) is 2. The molecule has 1 radical (unpaired) electrons. The van der Waals surface area contributed by atoms with Crippen molar-refractivity contribution in [3.05, 3.63) is 108 Å². The molecule has 0 atom stereocenters. The van der Waals surface area contributed by atoms with E-state index in [-0.39, 0.29) is 43.5 Å². The van der Waals surface area contributed by atoms with Gasteiger partial charge in [0.05, 0.1) is 22.5 Å². The van der Waals surface area contributed by atoms with Crippen LogP contribution in [0, 0.1) is 31.7 Å². The summed E-state index contributed by atoms with van der Waals surface area (Å²) < 4.78 is 8.66. The number of fused-ring (bicyclic) bond motifs is 4. The second-order valence-electron chi connectivity index (χ2n) is 12.5. The summed E-state index contributed by atoms with van der Waals surface area (Å²) in [5.41, 5.74) is 10.3. The second-order valence-corrected chi connectivity index (χ2v) is 12.5. The Kier molecular flexibility index (Phi) is 10.9. The molecule has 0 fully saturated rings. The predicted molar refractivity (Wildman–Crippen MR) is 195 cm³/mol. The van der Waals surface area contributed by atoms with Crippen molar-refractivity contribution in [3.63, 3.8) is 0 Å². The molecule has 0 saturated carbocycles. The number of pyridine rings is 2. The molecule has 2 aliphatic heterocycles. The first kappa shape index (κ1) is 35.1. The number of allylic oxidation sites excluding steroid dienone is 2. The third-order valence-corrected chi connectivity index (χ3v) is 9.40. The first-order chi connectivity index (χ1) is 22.8. The normalized spacial score (nSPS) is 12.0. The number of carbonyl (C=O) groups excluding carboxylic acids is 1. The maximum atomic E-state index is 11.7. The molecule has 5 nitrogen and oxygen atoms in total. The Morgan fingerprint density at radius 1 is 0.833 bits per heavy atom. The topological polar surface area (TPSA) is 68.3 Å². The molecule has 2 aliphatic rings. The number of benzene rings is 4. The number of para-hydroxylation sites is 3. The number of rotatable bonds is 8. The average molecular weight is 816 g/mol. The number of aryl methyl sites for hydroxylation is 2. The van der Waals surface area contributed by atoms with Gasteiger partial charge in [0.1, 0.15) is 0 Å². The van der Waals surface area contributed by atoms with Gasteiger partial charge in [-0.05, 0) is 61.0 Å². The van der Waals surface area contributed by atoms with Crippen LogP contribution in [-0.4, -0.2) is 20.4 Å². The summed E-state index contributed by atoms with van der Waals surface area (Å²) in [6.45, 7) is 12.3. The van der Waals surface area contributed by atoms with Crippen LogP contribution in [0.3, 0.4) is 0 Å². The zero-order valence-electron chi connectivity index (χ0n) is 28.6. The second kappa shape index (κ2) is 14.9. The first-order valence-corrected chi connectivity index (χ1v) is 16.9. The molecule has 48 heavy (non-hydrogen) atoms. The van der Waals surface area contributed by atoms with E-state index in [0.717, 1.165) is 75.9 Å². The van der Waals surface area contributed by atoms with E-state index < -0.39 is 0 Å². The Hall–Kier alpha value is -4.25. The van der Waals surface area contributed by atoms with E-state index in [1.807, 2.05) is 45.9 Å². The summed E-state index contributed by atoms with van der Waals surface area (Å²) in [7, 11) is 0. The summed E-state index contributed by atoms with van der Waals surface area (Å²) in [6, 6.07) is 30.9. The van der Waals surface area contributed by atoms with E-state index in [1.54, 1.807) is 0 Å². The zero-order chi connectivity index (χ0) is 33.2. The van der Waals surface area contributed by atoms with Crippen LogP contribution in [0.15, 0.2) is 95.1 Å². The van der Waals surface area contributed by atoms with Gasteiger partial charge in [-0.15, -0.1) is 34.9 Å². The van der Waals surface area contributed by atoms with E-state index in [0.29, 0.717) is 0 Å². The number of hydrogen-bond donors (Lipinski definition) is 1. The Balaban J connectivity index is 0.000000243. The van der Waals surface area contributed by atoms with E-state index >= 15 is 0 Å². The fourth-order valence-electron chi connectivity index (χ4n) is 6.89. The Morgan fingerprint density at radius 3 is 2.21 bits per heavy atom. The monoisotopic (exact) mass is 816 g/mol. The third-order valence-electron chi connectivity index (χ3n) is 9.40. The fraction of sp³-hybridized carbons (Fsp3) is 0.286. The van der Waals surface area contributed by atoms with Gasteiger partial charge >= 0.3 is 0 Å². The van der Waals surface area contributed by atoms with Gasteiger partial charge in [-0.25, -0.2) is 0 Å². The maximum Gasteiger partial charge on any atom is 0.162 e. The Bertz CT molecular complexity index is 2200. The molecule has 1 aromatic heterocycles. The van der Waals surface area contributed by atoms with Crippen LogP contribution in [0.2, 0.25) is 0 Å². The van der Waals surface area contributed by atoms with Gasteiger partial charge in [0.2, 0.25) is 0 Å². The van der Waals surface area contributed by atoms with Crippen molar-refractivity contribution in [2.75, 3.05) is 0 Å². The molecule has 1 N–H and O–H groups in total. The minimum atomic E-state index is 0. The molecule has 4 aromatic carbocycles. The minimum absolute atomic E-state index is 0. The van der Waals surface area contributed by atoms with Crippen LogP contribution < -0.4 is 0 Å². The molecular weight excluding hydrogens is 773 g/mol. The third kappa shape index (κ3) is 6.57. The van der Waals surface area contributed by atoms with E-state index in [9.17, 15) is 9.90 Å². The van der Waals surface area contributed by atoms with Crippen LogP contribution >= 0.6 is 0 Å². The smallest absolute Gasteiger partial charge is 0.162 e. The summed E-state index contributed by atoms with van der Waals surface area (Å²) in [5.74, 6) is 0.547. The molecule has 0 saturated heterocycles. The quantitative estimate of drug-likeness (QED) is 0.0545. The number of ketones is 1. The summed E-state index contributed by atoms with van der Waals surface area (Å²) in [6.07, 6.45) is 4.91. The van der Waals surface area contributed by atoms with Gasteiger partial charge in [-0.2, -0.15) is 0 Å². The fourth-order valence-corrected chi connectivity index (χ4v) is 6.89. The minimum Gasteiger partial charge on any atom is -0.512 e. The van der Waals surface area contributed by atoms with Crippen molar-refractivity contribution in [3.8, 4) is 16.9 Å². The van der Waals surface area contributed by atoms with Crippen molar-refractivity contribution in [1.29, 1.82) is 0 Å². The maximum absolute atomic E-state index is 11.7. The van der Waals surface area contributed by atoms with E-state index in [1.165, 1.54) is 27.8 Å². The molecule has 0 spiro atoms. The van der Waals surface area contributed by atoms with Gasteiger partial charge in [0, 0.05) is 54.3 Å². The van der Waals surface area contributed by atoms with Crippen molar-refractivity contribution < 1.29 is 34.4 Å².